The fourth-order valence-corrected chi connectivity index (χ4v) is 4.89. The maximum absolute atomic E-state index is 12.7. The summed E-state index contributed by atoms with van der Waals surface area (Å²) in [5.74, 6) is 1.31. The van der Waals surface area contributed by atoms with Gasteiger partial charge in [-0.05, 0) is 55.4 Å². The highest BCUT2D eigenvalue weighted by Crippen LogP contribution is 2.47. The molecule has 0 aromatic heterocycles. The third-order valence-electron chi connectivity index (χ3n) is 6.04. The lowest BCUT2D eigenvalue weighted by Crippen LogP contribution is -2.48. The second-order valence-corrected chi connectivity index (χ2v) is 8.30. The van der Waals surface area contributed by atoms with Crippen molar-refractivity contribution in [3.63, 3.8) is 0 Å². The highest BCUT2D eigenvalue weighted by Gasteiger charge is 2.49. The topological polar surface area (TPSA) is 55.1 Å². The van der Waals surface area contributed by atoms with E-state index in [4.69, 9.17) is 5.73 Å². The van der Waals surface area contributed by atoms with Crippen LogP contribution in [-0.2, 0) is 10.2 Å². The molecule has 3 rings (SSSR count). The quantitative estimate of drug-likeness (QED) is 0.876. The van der Waals surface area contributed by atoms with Crippen LogP contribution in [0.4, 0.5) is 0 Å². The molecule has 2 bridgehead atoms. The van der Waals surface area contributed by atoms with Crippen molar-refractivity contribution < 1.29 is 4.79 Å². The molecule has 2 aliphatic rings. The van der Waals surface area contributed by atoms with E-state index in [9.17, 15) is 4.79 Å². The van der Waals surface area contributed by atoms with E-state index in [1.165, 1.54) is 18.4 Å². The molecule has 2 saturated carbocycles. The maximum Gasteiger partial charge on any atom is 0.225 e. The van der Waals surface area contributed by atoms with Gasteiger partial charge in [0.2, 0.25) is 5.91 Å². The first-order valence-electron chi connectivity index (χ1n) is 9.00. The lowest BCUT2D eigenvalue weighted by atomic mass is 9.79. The minimum atomic E-state index is 0.0380. The van der Waals surface area contributed by atoms with Crippen molar-refractivity contribution in [1.29, 1.82) is 0 Å². The molecule has 0 heterocycles. The molecule has 3 heteroatoms. The molecular weight excluding hydrogens is 284 g/mol. The average Bonchev–Trinajstić information content (AvgIpc) is 3.08. The van der Waals surface area contributed by atoms with Crippen LogP contribution in [-0.4, -0.2) is 18.0 Å². The van der Waals surface area contributed by atoms with E-state index >= 15 is 0 Å². The first kappa shape index (κ1) is 16.5. The van der Waals surface area contributed by atoms with Crippen molar-refractivity contribution >= 4 is 5.91 Å². The largest absolute Gasteiger partial charge is 0.353 e. The summed E-state index contributed by atoms with van der Waals surface area (Å²) >= 11 is 0. The number of amides is 1. The Morgan fingerprint density at radius 1 is 1.26 bits per heavy atom. The number of nitrogens with two attached hydrogens (primary N) is 1. The molecule has 0 aliphatic heterocycles. The average molecular weight is 314 g/mol. The highest BCUT2D eigenvalue weighted by molar-refractivity contribution is 5.80. The molecule has 1 aromatic rings. The van der Waals surface area contributed by atoms with E-state index < -0.39 is 0 Å². The molecule has 1 aromatic carbocycles. The van der Waals surface area contributed by atoms with Gasteiger partial charge in [-0.25, -0.2) is 0 Å². The number of rotatable bonds is 5. The fourth-order valence-electron chi connectivity index (χ4n) is 4.89. The monoisotopic (exact) mass is 314 g/mol. The van der Waals surface area contributed by atoms with Gasteiger partial charge in [0.1, 0.15) is 0 Å². The maximum atomic E-state index is 12.7. The molecule has 3 nitrogen and oxygen atoms in total. The van der Waals surface area contributed by atoms with Crippen LogP contribution >= 0.6 is 0 Å². The second-order valence-electron chi connectivity index (χ2n) is 8.30. The highest BCUT2D eigenvalue weighted by atomic mass is 16.2. The Labute approximate surface area is 140 Å². The van der Waals surface area contributed by atoms with Gasteiger partial charge in [-0.2, -0.15) is 0 Å². The summed E-state index contributed by atoms with van der Waals surface area (Å²) in [6, 6.07) is 10.8. The molecule has 0 radical (unpaired) electrons. The van der Waals surface area contributed by atoms with Crippen LogP contribution in [0.2, 0.25) is 0 Å². The summed E-state index contributed by atoms with van der Waals surface area (Å²) in [4.78, 5) is 12.7. The van der Waals surface area contributed by atoms with E-state index in [0.29, 0.717) is 11.8 Å². The Bertz CT molecular complexity index is 552. The Morgan fingerprint density at radius 3 is 2.52 bits per heavy atom. The van der Waals surface area contributed by atoms with E-state index in [1.807, 2.05) is 6.07 Å². The normalized spacial score (nSPS) is 31.1. The third kappa shape index (κ3) is 3.30. The molecular formula is C20H30N2O. The summed E-state index contributed by atoms with van der Waals surface area (Å²) in [7, 11) is 0. The predicted molar refractivity (Wildman–Crippen MR) is 94.0 cm³/mol. The van der Waals surface area contributed by atoms with Crippen LogP contribution in [0, 0.1) is 17.8 Å². The lowest BCUT2D eigenvalue weighted by Gasteiger charge is -2.32. The summed E-state index contributed by atoms with van der Waals surface area (Å²) in [6.45, 7) is 6.60. The standard InChI is InChI=1S/C20H30N2O/c1-13(12-20(2,3)16-7-5-4-6-8-16)22-19(23)17-14-9-10-15(11-14)18(17)21/h4-8,13-15,17-18H,9-12,21H2,1-3H3,(H,22,23). The van der Waals surface area contributed by atoms with Crippen LogP contribution in [0.25, 0.3) is 0 Å². The third-order valence-corrected chi connectivity index (χ3v) is 6.04. The molecule has 1 amide bonds. The Morgan fingerprint density at radius 2 is 1.91 bits per heavy atom. The lowest BCUT2D eigenvalue weighted by molar-refractivity contribution is -0.127. The second kappa shape index (κ2) is 6.27. The van der Waals surface area contributed by atoms with Crippen LogP contribution < -0.4 is 11.1 Å². The molecule has 5 atom stereocenters. The minimum Gasteiger partial charge on any atom is -0.353 e. The smallest absolute Gasteiger partial charge is 0.225 e. The van der Waals surface area contributed by atoms with Crippen LogP contribution in [0.1, 0.15) is 52.0 Å². The molecule has 5 unspecified atom stereocenters. The number of carbonyl (C=O) groups excluding carboxylic acids is 1. The van der Waals surface area contributed by atoms with Gasteiger partial charge >= 0.3 is 0 Å². The molecule has 23 heavy (non-hydrogen) atoms. The summed E-state index contributed by atoms with van der Waals surface area (Å²) < 4.78 is 0. The van der Waals surface area contributed by atoms with Crippen LogP contribution in [0.3, 0.4) is 0 Å². The van der Waals surface area contributed by atoms with Crippen molar-refractivity contribution in [2.75, 3.05) is 0 Å². The van der Waals surface area contributed by atoms with Gasteiger partial charge < -0.3 is 11.1 Å². The first-order chi connectivity index (χ1) is 10.9. The first-order valence-corrected chi connectivity index (χ1v) is 9.00. The van der Waals surface area contributed by atoms with Gasteiger partial charge in [-0.15, -0.1) is 0 Å². The van der Waals surface area contributed by atoms with Crippen molar-refractivity contribution in [2.45, 2.75) is 64.0 Å². The zero-order valence-corrected chi connectivity index (χ0v) is 14.6. The van der Waals surface area contributed by atoms with Crippen LogP contribution in [0.15, 0.2) is 30.3 Å². The minimum absolute atomic E-state index is 0.0380. The SMILES string of the molecule is CC(CC(C)(C)c1ccccc1)NC(=O)C1C2CCC(C2)C1N. The van der Waals surface area contributed by atoms with Crippen LogP contribution in [0.5, 0.6) is 0 Å². The van der Waals surface area contributed by atoms with Gasteiger partial charge in [-0.3, -0.25) is 4.79 Å². The Kier molecular flexibility index (Phi) is 4.50. The van der Waals surface area contributed by atoms with E-state index in [-0.39, 0.29) is 29.3 Å². The molecule has 126 valence electrons. The van der Waals surface area contributed by atoms with E-state index in [0.717, 1.165) is 12.8 Å². The number of benzene rings is 1. The van der Waals surface area contributed by atoms with Gasteiger partial charge in [0.25, 0.3) is 0 Å². The number of nitrogens with one attached hydrogen (secondary N) is 1. The summed E-state index contributed by atoms with van der Waals surface area (Å²) in [5.41, 5.74) is 7.66. The van der Waals surface area contributed by atoms with Gasteiger partial charge in [0, 0.05) is 12.1 Å². The molecule has 2 aliphatic carbocycles. The summed E-state index contributed by atoms with van der Waals surface area (Å²) in [6.07, 6.45) is 4.48. The van der Waals surface area contributed by atoms with E-state index in [1.54, 1.807) is 0 Å². The molecule has 0 saturated heterocycles. The predicted octanol–water partition coefficient (Wildman–Crippen LogP) is 3.23. The van der Waals surface area contributed by atoms with Crippen molar-refractivity contribution in [2.24, 2.45) is 23.5 Å². The van der Waals surface area contributed by atoms with Gasteiger partial charge in [-0.1, -0.05) is 44.2 Å². The van der Waals surface area contributed by atoms with Crippen molar-refractivity contribution in [3.8, 4) is 0 Å². The zero-order valence-electron chi connectivity index (χ0n) is 14.6. The molecule has 3 N–H and O–H groups in total. The van der Waals surface area contributed by atoms with E-state index in [2.05, 4.69) is 50.4 Å². The zero-order chi connectivity index (χ0) is 16.6. The fraction of sp³-hybridized carbons (Fsp3) is 0.650. The van der Waals surface area contributed by atoms with Crippen molar-refractivity contribution in [3.05, 3.63) is 35.9 Å². The number of carbonyl (C=O) groups is 1. The van der Waals surface area contributed by atoms with Gasteiger partial charge in [0.05, 0.1) is 5.92 Å². The summed E-state index contributed by atoms with van der Waals surface area (Å²) in [5, 5.41) is 3.24. The number of hydrogen-bond donors (Lipinski definition) is 2. The number of fused-ring (bicyclic) bond motifs is 2. The van der Waals surface area contributed by atoms with Gasteiger partial charge in [0.15, 0.2) is 0 Å². The van der Waals surface area contributed by atoms with Crippen molar-refractivity contribution in [1.82, 2.24) is 5.32 Å². The molecule has 2 fully saturated rings. The number of hydrogen-bond acceptors (Lipinski definition) is 2. The molecule has 0 spiro atoms. The Balaban J connectivity index is 1.59. The Hall–Kier alpha value is -1.35.